The standard InChI is InChI=1S/C25H33Cl2FN6O.H2/c1-3-18-15-33(24-22(27)23(29)20(13-31-24)25(35)30-2)10-11-34(18)19-6-8-32(9-7-19)14-16-4-5-17(26)12-21(16)28;/h4-5,12-13,18-19H,3,6-11,14-15H2,1-2H3,(H2,29,31)(H,30,35);1H/t18-;/m0./s1. The van der Waals surface area contributed by atoms with Crippen molar-refractivity contribution in [1.29, 1.82) is 0 Å². The molecule has 2 saturated heterocycles. The summed E-state index contributed by atoms with van der Waals surface area (Å²) in [6.07, 6.45) is 4.62. The summed E-state index contributed by atoms with van der Waals surface area (Å²) in [5, 5.41) is 3.32. The lowest BCUT2D eigenvalue weighted by atomic mass is 9.97. The van der Waals surface area contributed by atoms with Crippen LogP contribution in [0.2, 0.25) is 10.0 Å². The third-order valence-electron chi connectivity index (χ3n) is 7.24. The maximum Gasteiger partial charge on any atom is 0.254 e. The van der Waals surface area contributed by atoms with Crippen molar-refractivity contribution in [3.05, 3.63) is 51.4 Å². The number of benzene rings is 1. The number of rotatable bonds is 6. The van der Waals surface area contributed by atoms with Crippen LogP contribution in [0.25, 0.3) is 0 Å². The number of hydrogen-bond donors (Lipinski definition) is 2. The summed E-state index contributed by atoms with van der Waals surface area (Å²) in [5.74, 6) is 0.0950. The van der Waals surface area contributed by atoms with Crippen LogP contribution in [0.5, 0.6) is 0 Å². The Labute approximate surface area is 217 Å². The fourth-order valence-corrected chi connectivity index (χ4v) is 5.66. The van der Waals surface area contributed by atoms with Gasteiger partial charge in [0.05, 0.1) is 11.3 Å². The number of halogens is 3. The first kappa shape index (κ1) is 25.9. The molecule has 2 fully saturated rings. The number of pyridine rings is 1. The third-order valence-corrected chi connectivity index (χ3v) is 7.85. The average Bonchev–Trinajstić information content (AvgIpc) is 2.87. The van der Waals surface area contributed by atoms with E-state index in [-0.39, 0.29) is 24.4 Å². The molecule has 35 heavy (non-hydrogen) atoms. The van der Waals surface area contributed by atoms with Crippen molar-refractivity contribution < 1.29 is 10.6 Å². The molecular weight excluding hydrogens is 490 g/mol. The third kappa shape index (κ3) is 5.66. The van der Waals surface area contributed by atoms with Crippen LogP contribution in [0.15, 0.2) is 24.4 Å². The number of piperazine rings is 1. The van der Waals surface area contributed by atoms with Gasteiger partial charge in [-0.05, 0) is 44.5 Å². The number of amides is 1. The van der Waals surface area contributed by atoms with Crippen LogP contribution < -0.4 is 16.0 Å². The minimum atomic E-state index is -0.301. The van der Waals surface area contributed by atoms with Gasteiger partial charge in [0, 0.05) is 63.5 Å². The molecule has 7 nitrogen and oxygen atoms in total. The summed E-state index contributed by atoms with van der Waals surface area (Å²) in [6.45, 7) is 7.19. The number of hydrogen-bond acceptors (Lipinski definition) is 6. The van der Waals surface area contributed by atoms with Crippen molar-refractivity contribution in [3.8, 4) is 0 Å². The van der Waals surface area contributed by atoms with Crippen LogP contribution in [-0.4, -0.2) is 72.5 Å². The number of carbonyl (C=O) groups excluding carboxylic acids is 1. The van der Waals surface area contributed by atoms with Gasteiger partial charge in [-0.15, -0.1) is 0 Å². The molecule has 0 unspecified atom stereocenters. The number of nitrogen functional groups attached to an aromatic ring is 1. The van der Waals surface area contributed by atoms with Gasteiger partial charge in [0.25, 0.3) is 5.91 Å². The summed E-state index contributed by atoms with van der Waals surface area (Å²) >= 11 is 12.4. The summed E-state index contributed by atoms with van der Waals surface area (Å²) in [7, 11) is 1.55. The Morgan fingerprint density at radius 2 is 2.00 bits per heavy atom. The number of aromatic nitrogens is 1. The largest absolute Gasteiger partial charge is 0.397 e. The lowest BCUT2D eigenvalue weighted by Crippen LogP contribution is -2.58. The first-order valence-electron chi connectivity index (χ1n) is 12.1. The van der Waals surface area contributed by atoms with Crippen LogP contribution in [0.3, 0.4) is 0 Å². The van der Waals surface area contributed by atoms with E-state index in [0.717, 1.165) is 52.0 Å². The molecule has 2 aliphatic heterocycles. The summed E-state index contributed by atoms with van der Waals surface area (Å²) < 4.78 is 14.2. The number of likely N-dealkylation sites (tertiary alicyclic amines) is 1. The van der Waals surface area contributed by atoms with E-state index in [1.54, 1.807) is 19.2 Å². The number of carbonyl (C=O) groups is 1. The lowest BCUT2D eigenvalue weighted by molar-refractivity contribution is 0.0607. The Balaban J connectivity index is 0.00000361. The second-order valence-corrected chi connectivity index (χ2v) is 10.1. The number of piperidine rings is 1. The number of anilines is 2. The van der Waals surface area contributed by atoms with Crippen molar-refractivity contribution >= 4 is 40.6 Å². The Hall–Kier alpha value is -2.13. The van der Waals surface area contributed by atoms with Crippen LogP contribution in [-0.2, 0) is 6.54 Å². The van der Waals surface area contributed by atoms with Gasteiger partial charge in [-0.1, -0.05) is 36.2 Å². The number of nitrogens with one attached hydrogen (secondary N) is 1. The molecule has 10 heteroatoms. The van der Waals surface area contributed by atoms with Crippen molar-refractivity contribution in [2.75, 3.05) is 50.4 Å². The van der Waals surface area contributed by atoms with Crippen molar-refractivity contribution in [3.63, 3.8) is 0 Å². The molecule has 0 saturated carbocycles. The van der Waals surface area contributed by atoms with Crippen LogP contribution >= 0.6 is 23.2 Å². The topological polar surface area (TPSA) is 77.7 Å². The zero-order chi connectivity index (χ0) is 25.1. The highest BCUT2D eigenvalue weighted by molar-refractivity contribution is 6.36. The van der Waals surface area contributed by atoms with Crippen molar-refractivity contribution in [2.24, 2.45) is 0 Å². The molecule has 1 atom stereocenters. The summed E-state index contributed by atoms with van der Waals surface area (Å²) in [5.41, 5.74) is 7.40. The van der Waals surface area contributed by atoms with Crippen LogP contribution in [0, 0.1) is 5.82 Å². The molecule has 4 rings (SSSR count). The molecule has 2 aromatic rings. The molecule has 3 heterocycles. The second kappa shape index (κ2) is 11.3. The highest BCUT2D eigenvalue weighted by Gasteiger charge is 2.34. The molecule has 0 aliphatic carbocycles. The molecule has 1 amide bonds. The normalized spacial score (nSPS) is 20.3. The Morgan fingerprint density at radius 1 is 1.26 bits per heavy atom. The highest BCUT2D eigenvalue weighted by atomic mass is 35.5. The van der Waals surface area contributed by atoms with Crippen LogP contribution in [0.1, 0.15) is 43.5 Å². The van der Waals surface area contributed by atoms with Crippen LogP contribution in [0.4, 0.5) is 15.9 Å². The lowest BCUT2D eigenvalue weighted by Gasteiger charge is -2.47. The van der Waals surface area contributed by atoms with Gasteiger partial charge in [-0.25, -0.2) is 9.37 Å². The van der Waals surface area contributed by atoms with E-state index in [4.69, 9.17) is 28.9 Å². The SMILES string of the molecule is CC[C@H]1CN(c2ncc(C(=O)NC)c(N)c2Cl)CCN1C1CCN(Cc2ccc(Cl)cc2F)CC1.[HH]. The average molecular weight is 526 g/mol. The molecule has 3 N–H and O–H groups in total. The highest BCUT2D eigenvalue weighted by Crippen LogP contribution is 2.34. The number of nitrogens with zero attached hydrogens (tertiary/aromatic N) is 4. The smallest absolute Gasteiger partial charge is 0.254 e. The maximum absolute atomic E-state index is 14.2. The molecule has 0 spiro atoms. The first-order valence-corrected chi connectivity index (χ1v) is 12.9. The van der Waals surface area contributed by atoms with Crippen molar-refractivity contribution in [2.45, 2.75) is 44.8 Å². The fourth-order valence-electron chi connectivity index (χ4n) is 5.23. The van der Waals surface area contributed by atoms with Gasteiger partial charge in [0.15, 0.2) is 0 Å². The molecule has 1 aromatic carbocycles. The van der Waals surface area contributed by atoms with E-state index in [2.05, 4.69) is 31.9 Å². The quantitative estimate of drug-likeness (QED) is 0.587. The first-order chi connectivity index (χ1) is 16.8. The molecule has 2 aliphatic rings. The van der Waals surface area contributed by atoms with Gasteiger partial charge in [-0.2, -0.15) is 0 Å². The zero-order valence-corrected chi connectivity index (χ0v) is 21.7. The van der Waals surface area contributed by atoms with Gasteiger partial charge >= 0.3 is 0 Å². The van der Waals surface area contributed by atoms with E-state index in [1.165, 1.54) is 12.3 Å². The predicted molar refractivity (Wildman–Crippen MR) is 142 cm³/mol. The minimum absolute atomic E-state index is 0. The van der Waals surface area contributed by atoms with Gasteiger partial charge in [0.2, 0.25) is 0 Å². The Kier molecular flexibility index (Phi) is 8.37. The summed E-state index contributed by atoms with van der Waals surface area (Å²) in [6, 6.07) is 5.78. The fraction of sp³-hybridized carbons (Fsp3) is 0.520. The summed E-state index contributed by atoms with van der Waals surface area (Å²) in [4.78, 5) is 23.6. The molecular formula is C25H35Cl2FN6O. The van der Waals surface area contributed by atoms with Gasteiger partial charge in [0.1, 0.15) is 16.7 Å². The molecule has 192 valence electrons. The van der Waals surface area contributed by atoms with E-state index in [0.29, 0.717) is 40.1 Å². The second-order valence-electron chi connectivity index (χ2n) is 9.29. The molecule has 0 radical (unpaired) electrons. The van der Waals surface area contributed by atoms with E-state index in [1.807, 2.05) is 0 Å². The van der Waals surface area contributed by atoms with Gasteiger partial charge < -0.3 is 16.0 Å². The van der Waals surface area contributed by atoms with E-state index in [9.17, 15) is 9.18 Å². The van der Waals surface area contributed by atoms with Gasteiger partial charge in [-0.3, -0.25) is 14.6 Å². The van der Waals surface area contributed by atoms with E-state index >= 15 is 0 Å². The molecule has 0 bridgehead atoms. The zero-order valence-electron chi connectivity index (χ0n) is 20.2. The molecule has 1 aromatic heterocycles. The predicted octanol–water partition coefficient (Wildman–Crippen LogP) is 4.28. The minimum Gasteiger partial charge on any atom is -0.397 e. The monoisotopic (exact) mass is 524 g/mol. The maximum atomic E-state index is 14.2. The van der Waals surface area contributed by atoms with E-state index < -0.39 is 0 Å². The Morgan fingerprint density at radius 3 is 2.66 bits per heavy atom. The Bertz CT molecular complexity index is 1070. The van der Waals surface area contributed by atoms with Crippen molar-refractivity contribution in [1.82, 2.24) is 20.1 Å². The number of nitrogens with two attached hydrogens (primary N) is 1.